The summed E-state index contributed by atoms with van der Waals surface area (Å²) in [4.78, 5) is 15.2. The summed E-state index contributed by atoms with van der Waals surface area (Å²) in [5, 5.41) is 0.955. The molecule has 1 aromatic carbocycles. The van der Waals surface area contributed by atoms with Crippen molar-refractivity contribution in [3.05, 3.63) is 58.4 Å². The van der Waals surface area contributed by atoms with Crippen molar-refractivity contribution >= 4 is 15.5 Å². The molecular formula is C12H9NOSi. The van der Waals surface area contributed by atoms with Crippen LogP contribution in [0.3, 0.4) is 0 Å². The molecule has 2 radical (unpaired) electrons. The molecule has 0 fully saturated rings. The Kier molecular flexibility index (Phi) is 1.85. The molecule has 0 aromatic heterocycles. The van der Waals surface area contributed by atoms with E-state index in [9.17, 15) is 4.79 Å². The zero-order chi connectivity index (χ0) is 10.3. The maximum Gasteiger partial charge on any atom is 0.223 e. The quantitative estimate of drug-likeness (QED) is 0.657. The number of hydrogen-bond donors (Lipinski definition) is 1. The van der Waals surface area contributed by atoms with Crippen LogP contribution in [0, 0.1) is 0 Å². The van der Waals surface area contributed by atoms with E-state index in [0.717, 1.165) is 22.7 Å². The third-order valence-corrected chi connectivity index (χ3v) is 3.87. The van der Waals surface area contributed by atoms with Crippen molar-refractivity contribution < 1.29 is 4.79 Å². The highest BCUT2D eigenvalue weighted by molar-refractivity contribution is 6.55. The molecule has 0 atom stereocenters. The van der Waals surface area contributed by atoms with Crippen LogP contribution in [0.1, 0.15) is 15.9 Å². The molecule has 1 aliphatic heterocycles. The zero-order valence-electron chi connectivity index (χ0n) is 8.08. The molecule has 2 aliphatic rings. The first-order valence-electron chi connectivity index (χ1n) is 4.90. The summed E-state index contributed by atoms with van der Waals surface area (Å²) in [5.41, 5.74) is 3.20. The van der Waals surface area contributed by atoms with Gasteiger partial charge in [-0.25, -0.2) is 0 Å². The average molecular weight is 211 g/mol. The van der Waals surface area contributed by atoms with E-state index < -0.39 is 0 Å². The molecule has 0 amide bonds. The summed E-state index contributed by atoms with van der Waals surface area (Å²) in [6.45, 7) is 0. The fraction of sp³-hybridized carbons (Fsp3) is 0.0833. The smallest absolute Gasteiger partial charge is 0.223 e. The van der Waals surface area contributed by atoms with E-state index in [1.807, 2.05) is 36.5 Å². The third kappa shape index (κ3) is 1.27. The lowest BCUT2D eigenvalue weighted by Crippen LogP contribution is -2.29. The van der Waals surface area contributed by atoms with E-state index in [0.29, 0.717) is 9.68 Å². The lowest BCUT2D eigenvalue weighted by Gasteiger charge is -2.22. The molecular weight excluding hydrogens is 202 g/mol. The van der Waals surface area contributed by atoms with Crippen LogP contribution in [0.5, 0.6) is 0 Å². The van der Waals surface area contributed by atoms with Crippen molar-refractivity contribution in [1.82, 2.24) is 4.98 Å². The first kappa shape index (κ1) is 8.68. The largest absolute Gasteiger partial charge is 0.414 e. The molecule has 0 spiro atoms. The minimum atomic E-state index is 0.196. The SMILES string of the molecule is O=C1C2=C(C=CN[Si]2)Cc2ccccc21. The van der Waals surface area contributed by atoms with Crippen LogP contribution in [-0.2, 0) is 6.42 Å². The maximum absolute atomic E-state index is 12.1. The van der Waals surface area contributed by atoms with Crippen LogP contribution >= 0.6 is 0 Å². The molecule has 0 saturated carbocycles. The lowest BCUT2D eigenvalue weighted by molar-refractivity contribution is 0.103. The molecule has 0 saturated heterocycles. The molecule has 1 aliphatic carbocycles. The van der Waals surface area contributed by atoms with Crippen molar-refractivity contribution in [2.24, 2.45) is 0 Å². The van der Waals surface area contributed by atoms with Crippen molar-refractivity contribution in [3.63, 3.8) is 0 Å². The number of fused-ring (bicyclic) bond motifs is 1. The summed E-state index contributed by atoms with van der Waals surface area (Å²) in [7, 11) is 0.417. The molecule has 0 unspecified atom stereocenters. The minimum absolute atomic E-state index is 0.196. The number of carbonyl (C=O) groups is 1. The summed E-state index contributed by atoms with van der Waals surface area (Å²) in [6.07, 6.45) is 4.83. The molecule has 3 heteroatoms. The van der Waals surface area contributed by atoms with Crippen molar-refractivity contribution in [1.29, 1.82) is 0 Å². The number of nitrogens with one attached hydrogen (secondary N) is 1. The predicted octanol–water partition coefficient (Wildman–Crippen LogP) is 1.42. The van der Waals surface area contributed by atoms with Gasteiger partial charge in [-0.1, -0.05) is 24.3 Å². The third-order valence-electron chi connectivity index (χ3n) is 2.76. The summed E-state index contributed by atoms with van der Waals surface area (Å²) < 4.78 is 0. The van der Waals surface area contributed by atoms with Crippen molar-refractivity contribution in [2.75, 3.05) is 0 Å². The van der Waals surface area contributed by atoms with Crippen LogP contribution in [0.2, 0.25) is 0 Å². The van der Waals surface area contributed by atoms with Gasteiger partial charge in [-0.3, -0.25) is 4.79 Å². The van der Waals surface area contributed by atoms with Gasteiger partial charge in [0.1, 0.15) is 0 Å². The average Bonchev–Trinajstić information content (AvgIpc) is 2.30. The number of allylic oxidation sites excluding steroid dienone is 3. The topological polar surface area (TPSA) is 29.1 Å². The van der Waals surface area contributed by atoms with Crippen LogP contribution in [0.15, 0.2) is 47.3 Å². The van der Waals surface area contributed by atoms with Crippen LogP contribution in [-0.4, -0.2) is 15.5 Å². The number of benzene rings is 1. The highest BCUT2D eigenvalue weighted by Crippen LogP contribution is 2.26. The first-order valence-corrected chi connectivity index (χ1v) is 5.90. The van der Waals surface area contributed by atoms with Crippen LogP contribution in [0.4, 0.5) is 0 Å². The second kappa shape index (κ2) is 3.20. The van der Waals surface area contributed by atoms with E-state index in [1.165, 1.54) is 5.57 Å². The Labute approximate surface area is 90.6 Å². The minimum Gasteiger partial charge on any atom is -0.414 e. The molecule has 3 rings (SSSR count). The summed E-state index contributed by atoms with van der Waals surface area (Å²) in [5.74, 6) is 0.196. The molecule has 2 nitrogen and oxygen atoms in total. The number of ketones is 1. The highest BCUT2D eigenvalue weighted by atomic mass is 28.2. The van der Waals surface area contributed by atoms with Crippen molar-refractivity contribution in [2.45, 2.75) is 6.42 Å². The molecule has 1 heterocycles. The van der Waals surface area contributed by atoms with E-state index in [4.69, 9.17) is 0 Å². The zero-order valence-corrected chi connectivity index (χ0v) is 9.08. The van der Waals surface area contributed by atoms with Gasteiger partial charge >= 0.3 is 0 Å². The van der Waals surface area contributed by atoms with Crippen LogP contribution in [0.25, 0.3) is 0 Å². The van der Waals surface area contributed by atoms with E-state index >= 15 is 0 Å². The van der Waals surface area contributed by atoms with E-state index in [2.05, 4.69) is 4.98 Å². The predicted molar refractivity (Wildman–Crippen MR) is 59.5 cm³/mol. The Hall–Kier alpha value is -1.61. The summed E-state index contributed by atoms with van der Waals surface area (Å²) in [6, 6.07) is 7.88. The van der Waals surface area contributed by atoms with Gasteiger partial charge in [0.2, 0.25) is 9.68 Å². The molecule has 1 aromatic rings. The lowest BCUT2D eigenvalue weighted by atomic mass is 9.90. The van der Waals surface area contributed by atoms with Gasteiger partial charge in [-0.2, -0.15) is 0 Å². The molecule has 72 valence electrons. The van der Waals surface area contributed by atoms with Gasteiger partial charge in [0.15, 0.2) is 5.78 Å². The Morgan fingerprint density at radius 3 is 3.07 bits per heavy atom. The Morgan fingerprint density at radius 1 is 1.27 bits per heavy atom. The van der Waals surface area contributed by atoms with Crippen molar-refractivity contribution in [3.8, 4) is 0 Å². The van der Waals surface area contributed by atoms with Gasteiger partial charge in [-0.15, -0.1) is 0 Å². The number of carbonyl (C=O) groups excluding carboxylic acids is 1. The summed E-state index contributed by atoms with van der Waals surface area (Å²) >= 11 is 0. The molecule has 0 bridgehead atoms. The molecule has 15 heavy (non-hydrogen) atoms. The molecule has 1 N–H and O–H groups in total. The van der Waals surface area contributed by atoms with Gasteiger partial charge in [0.25, 0.3) is 0 Å². The number of hydrogen-bond acceptors (Lipinski definition) is 2. The van der Waals surface area contributed by atoms with Crippen LogP contribution < -0.4 is 4.98 Å². The van der Waals surface area contributed by atoms with E-state index in [-0.39, 0.29) is 5.78 Å². The second-order valence-corrected chi connectivity index (χ2v) is 4.70. The van der Waals surface area contributed by atoms with Gasteiger partial charge in [0, 0.05) is 10.8 Å². The standard InChI is InChI=1S/C12H9NOSi/c14-11-10-4-2-1-3-8(10)7-9-5-6-13-15-12(9)11/h1-6,13H,7H2. The van der Waals surface area contributed by atoms with Gasteiger partial charge in [-0.05, 0) is 29.8 Å². The normalized spacial score (nSPS) is 18.3. The Balaban J connectivity index is 2.15. The number of rotatable bonds is 0. The van der Waals surface area contributed by atoms with Gasteiger partial charge in [0.05, 0.1) is 0 Å². The van der Waals surface area contributed by atoms with E-state index in [1.54, 1.807) is 0 Å². The monoisotopic (exact) mass is 211 g/mol. The Bertz CT molecular complexity index is 502. The fourth-order valence-corrected chi connectivity index (χ4v) is 2.90. The maximum atomic E-state index is 12.1. The highest BCUT2D eigenvalue weighted by Gasteiger charge is 2.25. The first-order chi connectivity index (χ1) is 7.36. The number of Topliss-reactive ketones (excluding diaryl/α,β-unsaturated/α-hetero) is 1. The fourth-order valence-electron chi connectivity index (χ4n) is 2.01. The second-order valence-electron chi connectivity index (χ2n) is 3.67. The Morgan fingerprint density at radius 2 is 2.13 bits per heavy atom. The van der Waals surface area contributed by atoms with Gasteiger partial charge < -0.3 is 4.98 Å².